The summed E-state index contributed by atoms with van der Waals surface area (Å²) in [4.78, 5) is 14.2. The third-order valence-corrected chi connectivity index (χ3v) is 5.16. The van der Waals surface area contributed by atoms with Crippen LogP contribution in [0.25, 0.3) is 0 Å². The number of hydrogen-bond donors (Lipinski definition) is 2. The Labute approximate surface area is 129 Å². The van der Waals surface area contributed by atoms with E-state index in [0.717, 1.165) is 51.7 Å². The van der Waals surface area contributed by atoms with Crippen LogP contribution in [-0.2, 0) is 4.79 Å². The Kier molecular flexibility index (Phi) is 6.97. The highest BCUT2D eigenvalue weighted by atomic mass is 16.3. The summed E-state index contributed by atoms with van der Waals surface area (Å²) in [7, 11) is 2.13. The molecule has 21 heavy (non-hydrogen) atoms. The molecule has 2 aliphatic rings. The van der Waals surface area contributed by atoms with Crippen LogP contribution in [0.2, 0.25) is 0 Å². The predicted octanol–water partition coefficient (Wildman–Crippen LogP) is 2.17. The highest BCUT2D eigenvalue weighted by Gasteiger charge is 2.24. The van der Waals surface area contributed by atoms with E-state index in [1.807, 2.05) is 0 Å². The van der Waals surface area contributed by atoms with Gasteiger partial charge in [-0.05, 0) is 51.6 Å². The number of rotatable bonds is 7. The third kappa shape index (κ3) is 5.59. The average molecular weight is 296 g/mol. The van der Waals surface area contributed by atoms with Gasteiger partial charge >= 0.3 is 0 Å². The zero-order valence-corrected chi connectivity index (χ0v) is 13.5. The Morgan fingerprint density at radius 2 is 1.81 bits per heavy atom. The largest absolute Gasteiger partial charge is 0.393 e. The molecule has 0 aliphatic heterocycles. The van der Waals surface area contributed by atoms with E-state index in [2.05, 4.69) is 17.3 Å². The fourth-order valence-electron chi connectivity index (χ4n) is 3.79. The molecule has 122 valence electrons. The fraction of sp³-hybridized carbons (Fsp3) is 0.941. The molecule has 0 spiro atoms. The van der Waals surface area contributed by atoms with Crippen LogP contribution in [0, 0.1) is 11.8 Å². The first kappa shape index (κ1) is 16.8. The summed E-state index contributed by atoms with van der Waals surface area (Å²) >= 11 is 0. The van der Waals surface area contributed by atoms with Gasteiger partial charge in [0.15, 0.2) is 0 Å². The number of aliphatic hydroxyl groups excluding tert-OH is 1. The number of hydrogen-bond acceptors (Lipinski definition) is 3. The Morgan fingerprint density at radius 3 is 2.52 bits per heavy atom. The van der Waals surface area contributed by atoms with Crippen LogP contribution in [0.15, 0.2) is 0 Å². The molecule has 2 unspecified atom stereocenters. The molecule has 0 aromatic rings. The van der Waals surface area contributed by atoms with Crippen LogP contribution < -0.4 is 5.32 Å². The highest BCUT2D eigenvalue weighted by molar-refractivity contribution is 5.78. The summed E-state index contributed by atoms with van der Waals surface area (Å²) in [5.74, 6) is 0.981. The molecule has 2 aliphatic carbocycles. The van der Waals surface area contributed by atoms with Crippen LogP contribution in [0.4, 0.5) is 0 Å². The van der Waals surface area contributed by atoms with Gasteiger partial charge in [0.2, 0.25) is 5.91 Å². The molecule has 1 amide bonds. The van der Waals surface area contributed by atoms with Gasteiger partial charge in [0, 0.05) is 19.0 Å². The van der Waals surface area contributed by atoms with Crippen molar-refractivity contribution in [1.82, 2.24) is 10.2 Å². The molecular weight excluding hydrogens is 264 g/mol. The van der Waals surface area contributed by atoms with Crippen LogP contribution in [-0.4, -0.2) is 48.7 Å². The molecular formula is C17H32N2O2. The summed E-state index contributed by atoms with van der Waals surface area (Å²) in [6.45, 7) is 2.76. The first-order valence-corrected chi connectivity index (χ1v) is 8.81. The summed E-state index contributed by atoms with van der Waals surface area (Å²) in [6, 6.07) is 0. The van der Waals surface area contributed by atoms with Crippen molar-refractivity contribution in [3.05, 3.63) is 0 Å². The molecule has 2 atom stereocenters. The van der Waals surface area contributed by atoms with Crippen LogP contribution in [0.3, 0.4) is 0 Å². The van der Waals surface area contributed by atoms with Crippen LogP contribution in [0.5, 0.6) is 0 Å². The van der Waals surface area contributed by atoms with E-state index in [9.17, 15) is 9.90 Å². The van der Waals surface area contributed by atoms with Gasteiger partial charge in [-0.25, -0.2) is 0 Å². The predicted molar refractivity (Wildman–Crippen MR) is 85.0 cm³/mol. The third-order valence-electron chi connectivity index (χ3n) is 5.16. The van der Waals surface area contributed by atoms with Crippen molar-refractivity contribution in [3.63, 3.8) is 0 Å². The molecule has 0 radical (unpaired) electrons. The van der Waals surface area contributed by atoms with E-state index < -0.39 is 0 Å². The van der Waals surface area contributed by atoms with Gasteiger partial charge in [0.25, 0.3) is 0 Å². The fourth-order valence-corrected chi connectivity index (χ4v) is 3.79. The van der Waals surface area contributed by atoms with E-state index in [-0.39, 0.29) is 17.9 Å². The second-order valence-electron chi connectivity index (χ2n) is 7.00. The normalized spacial score (nSPS) is 27.2. The number of amides is 1. The first-order valence-electron chi connectivity index (χ1n) is 8.81. The maximum absolute atomic E-state index is 11.9. The SMILES string of the molecule is CN(CCCNC(=O)C1CCCC1)CC1CCCCC1O. The lowest BCUT2D eigenvalue weighted by Gasteiger charge is -2.31. The Balaban J connectivity index is 1.54. The van der Waals surface area contributed by atoms with E-state index in [4.69, 9.17) is 0 Å². The van der Waals surface area contributed by atoms with Gasteiger partial charge in [0.1, 0.15) is 0 Å². The standard InChI is InChI=1S/C17H32N2O2/c1-19(13-15-9-4-5-10-16(15)20)12-6-11-18-17(21)14-7-2-3-8-14/h14-16,20H,2-13H2,1H3,(H,18,21). The van der Waals surface area contributed by atoms with Gasteiger partial charge < -0.3 is 15.3 Å². The van der Waals surface area contributed by atoms with Gasteiger partial charge in [-0.15, -0.1) is 0 Å². The minimum Gasteiger partial charge on any atom is -0.393 e. The number of nitrogens with one attached hydrogen (secondary N) is 1. The molecule has 2 fully saturated rings. The highest BCUT2D eigenvalue weighted by Crippen LogP contribution is 2.25. The number of carbonyl (C=O) groups is 1. The van der Waals surface area contributed by atoms with Gasteiger partial charge in [-0.1, -0.05) is 25.7 Å². The molecule has 4 heteroatoms. The lowest BCUT2D eigenvalue weighted by atomic mass is 9.86. The van der Waals surface area contributed by atoms with Crippen molar-refractivity contribution in [3.8, 4) is 0 Å². The van der Waals surface area contributed by atoms with Crippen molar-refractivity contribution in [2.24, 2.45) is 11.8 Å². The molecule has 4 nitrogen and oxygen atoms in total. The quantitative estimate of drug-likeness (QED) is 0.708. The summed E-state index contributed by atoms with van der Waals surface area (Å²) < 4.78 is 0. The van der Waals surface area contributed by atoms with E-state index in [1.54, 1.807) is 0 Å². The summed E-state index contributed by atoms with van der Waals surface area (Å²) in [5.41, 5.74) is 0. The molecule has 0 aromatic heterocycles. The van der Waals surface area contributed by atoms with Crippen molar-refractivity contribution >= 4 is 5.91 Å². The molecule has 2 rings (SSSR count). The maximum Gasteiger partial charge on any atom is 0.223 e. The van der Waals surface area contributed by atoms with Crippen molar-refractivity contribution in [2.45, 2.75) is 63.9 Å². The smallest absolute Gasteiger partial charge is 0.223 e. The average Bonchev–Trinajstić information content (AvgIpc) is 3.00. The Hall–Kier alpha value is -0.610. The summed E-state index contributed by atoms with van der Waals surface area (Å²) in [6.07, 6.45) is 10.0. The lowest BCUT2D eigenvalue weighted by Crippen LogP contribution is -2.37. The van der Waals surface area contributed by atoms with E-state index >= 15 is 0 Å². The molecule has 0 aromatic carbocycles. The molecule has 2 saturated carbocycles. The Bertz CT molecular complexity index is 316. The van der Waals surface area contributed by atoms with Crippen LogP contribution in [0.1, 0.15) is 57.8 Å². The van der Waals surface area contributed by atoms with Crippen molar-refractivity contribution in [1.29, 1.82) is 0 Å². The number of carbonyl (C=O) groups excluding carboxylic acids is 1. The molecule has 0 heterocycles. The lowest BCUT2D eigenvalue weighted by molar-refractivity contribution is -0.124. The minimum absolute atomic E-state index is 0.108. The second kappa shape index (κ2) is 8.74. The van der Waals surface area contributed by atoms with Crippen LogP contribution >= 0.6 is 0 Å². The van der Waals surface area contributed by atoms with Gasteiger partial charge in [0.05, 0.1) is 6.10 Å². The zero-order chi connectivity index (χ0) is 15.1. The monoisotopic (exact) mass is 296 g/mol. The minimum atomic E-state index is -0.108. The number of nitrogens with zero attached hydrogens (tertiary/aromatic N) is 1. The topological polar surface area (TPSA) is 52.6 Å². The van der Waals surface area contributed by atoms with E-state index in [0.29, 0.717) is 5.92 Å². The molecule has 2 N–H and O–H groups in total. The van der Waals surface area contributed by atoms with E-state index in [1.165, 1.54) is 25.7 Å². The number of aliphatic hydroxyl groups is 1. The van der Waals surface area contributed by atoms with Gasteiger partial charge in [-0.3, -0.25) is 4.79 Å². The zero-order valence-electron chi connectivity index (χ0n) is 13.5. The first-order chi connectivity index (χ1) is 10.2. The Morgan fingerprint density at radius 1 is 1.14 bits per heavy atom. The van der Waals surface area contributed by atoms with Crippen molar-refractivity contribution in [2.75, 3.05) is 26.7 Å². The summed E-state index contributed by atoms with van der Waals surface area (Å²) in [5, 5.41) is 13.1. The molecule has 0 saturated heterocycles. The van der Waals surface area contributed by atoms with Gasteiger partial charge in [-0.2, -0.15) is 0 Å². The molecule has 0 bridgehead atoms. The second-order valence-corrected chi connectivity index (χ2v) is 7.00. The maximum atomic E-state index is 11.9. The van der Waals surface area contributed by atoms with Crippen molar-refractivity contribution < 1.29 is 9.90 Å².